The number of benzene rings is 1. The second-order valence-electron chi connectivity index (χ2n) is 3.22. The maximum Gasteiger partial charge on any atom is 0.0715 e. The first-order valence-electron chi connectivity index (χ1n) is 4.04. The van der Waals surface area contributed by atoms with Gasteiger partial charge in [0.2, 0.25) is 0 Å². The van der Waals surface area contributed by atoms with Crippen molar-refractivity contribution in [2.75, 3.05) is 14.1 Å². The lowest BCUT2D eigenvalue weighted by Gasteiger charge is -2.10. The summed E-state index contributed by atoms with van der Waals surface area (Å²) in [5.41, 5.74) is 1.32. The number of rotatable bonds is 3. The molecular weight excluding hydrogens is 166 g/mol. The number of carboxylic acid groups (broad SMARTS) is 1. The zero-order valence-electron chi connectivity index (χ0n) is 7.78. The average Bonchev–Trinajstić information content (AvgIpc) is 2.04. The van der Waals surface area contributed by atoms with Crippen molar-refractivity contribution in [3.8, 4) is 0 Å². The molecule has 0 aliphatic rings. The second kappa shape index (κ2) is 4.05. The van der Waals surface area contributed by atoms with Gasteiger partial charge in [-0.2, -0.15) is 0 Å². The van der Waals surface area contributed by atoms with Gasteiger partial charge in [-0.25, -0.2) is 0 Å². The van der Waals surface area contributed by atoms with Gasteiger partial charge < -0.3 is 14.8 Å². The van der Waals surface area contributed by atoms with Crippen LogP contribution >= 0.6 is 0 Å². The number of carbonyl (C=O) groups is 1. The molecule has 13 heavy (non-hydrogen) atoms. The summed E-state index contributed by atoms with van der Waals surface area (Å²) in [4.78, 5) is 12.4. The molecular formula is C10H12NO2-. The van der Waals surface area contributed by atoms with Crippen molar-refractivity contribution < 1.29 is 9.90 Å². The Hall–Kier alpha value is -1.35. The molecule has 0 saturated heterocycles. The average molecular weight is 178 g/mol. The van der Waals surface area contributed by atoms with Crippen LogP contribution in [0.3, 0.4) is 0 Å². The van der Waals surface area contributed by atoms with Gasteiger partial charge in [0.1, 0.15) is 0 Å². The van der Waals surface area contributed by atoms with Crippen molar-refractivity contribution >= 4 is 5.97 Å². The molecule has 0 N–H and O–H groups in total. The molecule has 0 aliphatic carbocycles. The highest BCUT2D eigenvalue weighted by molar-refractivity contribution is 5.85. The zero-order chi connectivity index (χ0) is 9.84. The van der Waals surface area contributed by atoms with Crippen LogP contribution in [0.15, 0.2) is 24.3 Å². The number of carboxylic acids is 1. The number of carbonyl (C=O) groups excluding carboxylic acids is 1. The smallest absolute Gasteiger partial charge is 0.0715 e. The third-order valence-corrected chi connectivity index (χ3v) is 1.69. The van der Waals surface area contributed by atoms with Crippen LogP contribution in [0.5, 0.6) is 0 Å². The van der Waals surface area contributed by atoms with E-state index in [0.717, 1.165) is 12.1 Å². The highest BCUT2D eigenvalue weighted by atomic mass is 16.4. The van der Waals surface area contributed by atoms with E-state index >= 15 is 0 Å². The molecule has 0 fully saturated rings. The van der Waals surface area contributed by atoms with Crippen molar-refractivity contribution in [2.24, 2.45) is 0 Å². The molecule has 0 atom stereocenters. The van der Waals surface area contributed by atoms with Crippen LogP contribution in [-0.4, -0.2) is 25.0 Å². The summed E-state index contributed by atoms with van der Waals surface area (Å²) in [7, 11) is 3.93. The van der Waals surface area contributed by atoms with Crippen LogP contribution in [-0.2, 0) is 6.54 Å². The Balaban J connectivity index is 2.75. The molecule has 1 rings (SSSR count). The van der Waals surface area contributed by atoms with Crippen molar-refractivity contribution in [1.29, 1.82) is 0 Å². The minimum atomic E-state index is -1.13. The Kier molecular flexibility index (Phi) is 3.03. The van der Waals surface area contributed by atoms with Gasteiger partial charge in [0, 0.05) is 6.54 Å². The molecule has 0 saturated carbocycles. The first kappa shape index (κ1) is 9.74. The highest BCUT2D eigenvalue weighted by Crippen LogP contribution is 2.04. The van der Waals surface area contributed by atoms with E-state index in [2.05, 4.69) is 0 Å². The normalized spacial score (nSPS) is 10.4. The molecule has 0 unspecified atom stereocenters. The fraction of sp³-hybridized carbons (Fsp3) is 0.300. The van der Waals surface area contributed by atoms with E-state index in [9.17, 15) is 9.90 Å². The van der Waals surface area contributed by atoms with Gasteiger partial charge in [0.05, 0.1) is 5.97 Å². The van der Waals surface area contributed by atoms with E-state index in [-0.39, 0.29) is 5.56 Å². The molecule has 1 aromatic carbocycles. The summed E-state index contributed by atoms with van der Waals surface area (Å²) in [5.74, 6) is -1.13. The standard InChI is InChI=1S/C10H13NO2/c1-11(2)7-8-3-5-9(6-4-8)10(12)13/h3-6H,7H2,1-2H3,(H,12,13)/p-1. The van der Waals surface area contributed by atoms with Crippen LogP contribution in [0.1, 0.15) is 15.9 Å². The van der Waals surface area contributed by atoms with Gasteiger partial charge in [0.15, 0.2) is 0 Å². The van der Waals surface area contributed by atoms with Gasteiger partial charge in [-0.05, 0) is 25.2 Å². The Labute approximate surface area is 77.6 Å². The molecule has 0 aliphatic heterocycles. The lowest BCUT2D eigenvalue weighted by molar-refractivity contribution is -0.255. The summed E-state index contributed by atoms with van der Waals surface area (Å²) in [6, 6.07) is 6.72. The molecule has 3 heteroatoms. The summed E-state index contributed by atoms with van der Waals surface area (Å²) in [5, 5.41) is 10.4. The van der Waals surface area contributed by atoms with E-state index in [4.69, 9.17) is 0 Å². The lowest BCUT2D eigenvalue weighted by atomic mass is 10.1. The van der Waals surface area contributed by atoms with Gasteiger partial charge in [-0.15, -0.1) is 0 Å². The van der Waals surface area contributed by atoms with E-state index in [1.807, 2.05) is 19.0 Å². The minimum absolute atomic E-state index is 0.225. The fourth-order valence-electron chi connectivity index (χ4n) is 1.11. The summed E-state index contributed by atoms with van der Waals surface area (Å²) >= 11 is 0. The van der Waals surface area contributed by atoms with Crippen LogP contribution < -0.4 is 5.11 Å². The van der Waals surface area contributed by atoms with Gasteiger partial charge in [-0.3, -0.25) is 0 Å². The van der Waals surface area contributed by atoms with Crippen LogP contribution in [0.2, 0.25) is 0 Å². The van der Waals surface area contributed by atoms with Crippen molar-refractivity contribution in [3.05, 3.63) is 35.4 Å². The van der Waals surface area contributed by atoms with E-state index in [1.165, 1.54) is 0 Å². The molecule has 3 nitrogen and oxygen atoms in total. The van der Waals surface area contributed by atoms with Crippen LogP contribution in [0.4, 0.5) is 0 Å². The van der Waals surface area contributed by atoms with E-state index < -0.39 is 5.97 Å². The maximum atomic E-state index is 10.4. The molecule has 1 aromatic rings. The summed E-state index contributed by atoms with van der Waals surface area (Å²) in [6.45, 7) is 0.813. The molecule has 0 spiro atoms. The first-order chi connectivity index (χ1) is 6.09. The predicted octanol–water partition coefficient (Wildman–Crippen LogP) is 0.112. The Morgan fingerprint density at radius 1 is 1.31 bits per heavy atom. The van der Waals surface area contributed by atoms with E-state index in [0.29, 0.717) is 0 Å². The third-order valence-electron chi connectivity index (χ3n) is 1.69. The van der Waals surface area contributed by atoms with E-state index in [1.54, 1.807) is 24.3 Å². The minimum Gasteiger partial charge on any atom is -0.545 e. The molecule has 0 heterocycles. The van der Waals surface area contributed by atoms with Crippen LogP contribution in [0.25, 0.3) is 0 Å². The number of hydrogen-bond acceptors (Lipinski definition) is 3. The van der Waals surface area contributed by atoms with Gasteiger partial charge >= 0.3 is 0 Å². The Morgan fingerprint density at radius 2 is 1.85 bits per heavy atom. The maximum absolute atomic E-state index is 10.4. The summed E-state index contributed by atoms with van der Waals surface area (Å²) in [6.07, 6.45) is 0. The van der Waals surface area contributed by atoms with Gasteiger partial charge in [-0.1, -0.05) is 24.3 Å². The predicted molar refractivity (Wildman–Crippen MR) is 48.2 cm³/mol. The molecule has 0 aromatic heterocycles. The fourth-order valence-corrected chi connectivity index (χ4v) is 1.11. The molecule has 0 bridgehead atoms. The topological polar surface area (TPSA) is 43.4 Å². The summed E-state index contributed by atoms with van der Waals surface area (Å²) < 4.78 is 0. The SMILES string of the molecule is CN(C)Cc1ccc(C(=O)[O-])cc1. The monoisotopic (exact) mass is 178 g/mol. The molecule has 0 radical (unpaired) electrons. The molecule has 70 valence electrons. The first-order valence-corrected chi connectivity index (χ1v) is 4.04. The second-order valence-corrected chi connectivity index (χ2v) is 3.22. The van der Waals surface area contributed by atoms with Crippen molar-refractivity contribution in [2.45, 2.75) is 6.54 Å². The zero-order valence-corrected chi connectivity index (χ0v) is 7.78. The highest BCUT2D eigenvalue weighted by Gasteiger charge is 1.96. The lowest BCUT2D eigenvalue weighted by Crippen LogP contribution is -2.22. The third kappa shape index (κ3) is 2.87. The van der Waals surface area contributed by atoms with Crippen molar-refractivity contribution in [1.82, 2.24) is 4.90 Å². The largest absolute Gasteiger partial charge is 0.545 e. The van der Waals surface area contributed by atoms with Crippen LogP contribution in [0, 0.1) is 0 Å². The van der Waals surface area contributed by atoms with Crippen molar-refractivity contribution in [3.63, 3.8) is 0 Å². The Morgan fingerprint density at radius 3 is 2.23 bits per heavy atom. The number of aromatic carboxylic acids is 1. The Bertz CT molecular complexity index is 290. The number of hydrogen-bond donors (Lipinski definition) is 0. The number of nitrogens with zero attached hydrogens (tertiary/aromatic N) is 1. The quantitative estimate of drug-likeness (QED) is 0.660. The van der Waals surface area contributed by atoms with Gasteiger partial charge in [0.25, 0.3) is 0 Å². The molecule has 0 amide bonds.